The molecule has 116 valence electrons. The molecule has 0 aliphatic rings. The average Bonchev–Trinajstić information content (AvgIpc) is 2.78. The fraction of sp³-hybridized carbons (Fsp3) is 0.562. The van der Waals surface area contributed by atoms with Crippen LogP contribution in [-0.4, -0.2) is 28.4 Å². The summed E-state index contributed by atoms with van der Waals surface area (Å²) in [6.45, 7) is 10.1. The SMILES string of the molecule is CCOc1cccc2c1nc(CCl)n2CC(C)(C)OCC. The second kappa shape index (κ2) is 6.67. The zero-order chi connectivity index (χ0) is 15.5. The van der Waals surface area contributed by atoms with Crippen LogP contribution in [0.25, 0.3) is 11.0 Å². The topological polar surface area (TPSA) is 36.3 Å². The number of hydrogen-bond donors (Lipinski definition) is 0. The average molecular weight is 311 g/mol. The normalized spacial score (nSPS) is 12.0. The minimum absolute atomic E-state index is 0.273. The number of imidazole rings is 1. The molecule has 0 bridgehead atoms. The van der Waals surface area contributed by atoms with Crippen molar-refractivity contribution in [3.8, 4) is 5.75 Å². The van der Waals surface area contributed by atoms with E-state index < -0.39 is 0 Å². The maximum absolute atomic E-state index is 6.07. The van der Waals surface area contributed by atoms with E-state index in [0.717, 1.165) is 22.6 Å². The van der Waals surface area contributed by atoms with Crippen molar-refractivity contribution in [2.45, 2.75) is 45.7 Å². The number of para-hydroxylation sites is 1. The Balaban J connectivity index is 2.49. The summed E-state index contributed by atoms with van der Waals surface area (Å²) in [5.74, 6) is 2.00. The van der Waals surface area contributed by atoms with Gasteiger partial charge in [-0.2, -0.15) is 0 Å². The van der Waals surface area contributed by atoms with Gasteiger partial charge in [-0.1, -0.05) is 6.07 Å². The molecule has 0 spiro atoms. The molecule has 5 heteroatoms. The predicted octanol–water partition coefficient (Wildman–Crippen LogP) is 3.99. The molecule has 0 aliphatic heterocycles. The summed E-state index contributed by atoms with van der Waals surface area (Å²) >= 11 is 6.07. The van der Waals surface area contributed by atoms with Crippen LogP contribution in [0.15, 0.2) is 18.2 Å². The molecule has 0 saturated heterocycles. The van der Waals surface area contributed by atoms with Gasteiger partial charge in [0.15, 0.2) is 0 Å². The fourth-order valence-corrected chi connectivity index (χ4v) is 2.74. The summed E-state index contributed by atoms with van der Waals surface area (Å²) in [5.41, 5.74) is 1.62. The maximum atomic E-state index is 6.07. The Morgan fingerprint density at radius 1 is 1.24 bits per heavy atom. The molecule has 0 amide bonds. The lowest BCUT2D eigenvalue weighted by molar-refractivity contribution is -0.0220. The van der Waals surface area contributed by atoms with Crippen molar-refractivity contribution in [1.82, 2.24) is 9.55 Å². The zero-order valence-electron chi connectivity index (χ0n) is 13.1. The van der Waals surface area contributed by atoms with Gasteiger partial charge in [-0.15, -0.1) is 11.6 Å². The summed E-state index contributed by atoms with van der Waals surface area (Å²) in [4.78, 5) is 4.64. The Morgan fingerprint density at radius 3 is 2.62 bits per heavy atom. The van der Waals surface area contributed by atoms with E-state index in [1.165, 1.54) is 0 Å². The number of aromatic nitrogens is 2. The van der Waals surface area contributed by atoms with E-state index in [1.807, 2.05) is 32.0 Å². The Morgan fingerprint density at radius 2 is 2.00 bits per heavy atom. The summed E-state index contributed by atoms with van der Waals surface area (Å²) in [6.07, 6.45) is 0. The van der Waals surface area contributed by atoms with Crippen LogP contribution in [0.1, 0.15) is 33.5 Å². The van der Waals surface area contributed by atoms with Crippen LogP contribution in [0.4, 0.5) is 0 Å². The highest BCUT2D eigenvalue weighted by molar-refractivity contribution is 6.16. The van der Waals surface area contributed by atoms with Crippen molar-refractivity contribution in [1.29, 1.82) is 0 Å². The van der Waals surface area contributed by atoms with Crippen LogP contribution in [-0.2, 0) is 17.2 Å². The molecule has 0 fully saturated rings. The molecule has 2 rings (SSSR count). The number of hydrogen-bond acceptors (Lipinski definition) is 3. The number of ether oxygens (including phenoxy) is 2. The van der Waals surface area contributed by atoms with Gasteiger partial charge in [0.05, 0.1) is 30.1 Å². The van der Waals surface area contributed by atoms with Crippen molar-refractivity contribution in [2.24, 2.45) is 0 Å². The minimum atomic E-state index is -0.273. The molecule has 1 aromatic carbocycles. The third kappa shape index (κ3) is 3.50. The van der Waals surface area contributed by atoms with E-state index in [-0.39, 0.29) is 5.60 Å². The Bertz CT molecular complexity index is 608. The van der Waals surface area contributed by atoms with Crippen LogP contribution >= 0.6 is 11.6 Å². The van der Waals surface area contributed by atoms with Gasteiger partial charge in [0, 0.05) is 6.61 Å². The molecule has 0 N–H and O–H groups in total. The molecule has 4 nitrogen and oxygen atoms in total. The summed E-state index contributed by atoms with van der Waals surface area (Å²) < 4.78 is 13.6. The predicted molar refractivity (Wildman–Crippen MR) is 86.2 cm³/mol. The molecular formula is C16H23ClN2O2. The van der Waals surface area contributed by atoms with Gasteiger partial charge in [-0.05, 0) is 39.8 Å². The second-order valence-electron chi connectivity index (χ2n) is 5.50. The number of rotatable bonds is 7. The van der Waals surface area contributed by atoms with Gasteiger partial charge in [-0.3, -0.25) is 0 Å². The largest absolute Gasteiger partial charge is 0.492 e. The molecule has 0 radical (unpaired) electrons. The van der Waals surface area contributed by atoms with Crippen LogP contribution in [0.2, 0.25) is 0 Å². The molecule has 0 aliphatic carbocycles. The van der Waals surface area contributed by atoms with Crippen molar-refractivity contribution in [3.63, 3.8) is 0 Å². The first kappa shape index (κ1) is 16.1. The zero-order valence-corrected chi connectivity index (χ0v) is 13.9. The smallest absolute Gasteiger partial charge is 0.147 e. The van der Waals surface area contributed by atoms with Gasteiger partial charge in [0.25, 0.3) is 0 Å². The lowest BCUT2D eigenvalue weighted by Crippen LogP contribution is -2.31. The van der Waals surface area contributed by atoms with Gasteiger partial charge in [-0.25, -0.2) is 4.98 Å². The number of alkyl halides is 1. The van der Waals surface area contributed by atoms with E-state index in [1.54, 1.807) is 0 Å². The van der Waals surface area contributed by atoms with Gasteiger partial charge < -0.3 is 14.0 Å². The van der Waals surface area contributed by atoms with Crippen LogP contribution < -0.4 is 4.74 Å². The van der Waals surface area contributed by atoms with Crippen molar-refractivity contribution >= 4 is 22.6 Å². The molecule has 0 atom stereocenters. The Hall–Kier alpha value is -1.26. The monoisotopic (exact) mass is 310 g/mol. The number of fused-ring (bicyclic) bond motifs is 1. The van der Waals surface area contributed by atoms with E-state index in [2.05, 4.69) is 23.4 Å². The highest BCUT2D eigenvalue weighted by Crippen LogP contribution is 2.28. The lowest BCUT2D eigenvalue weighted by atomic mass is 10.1. The summed E-state index contributed by atoms with van der Waals surface area (Å²) in [7, 11) is 0. The van der Waals surface area contributed by atoms with E-state index in [9.17, 15) is 0 Å². The van der Waals surface area contributed by atoms with Crippen LogP contribution in [0, 0.1) is 0 Å². The van der Waals surface area contributed by atoms with Crippen LogP contribution in [0.5, 0.6) is 5.75 Å². The Kier molecular flexibility index (Phi) is 5.12. The standard InChI is InChI=1S/C16H23ClN2O2/c1-5-20-13-9-7-8-12-15(13)18-14(10-17)19(12)11-16(3,4)21-6-2/h7-9H,5-6,10-11H2,1-4H3. The van der Waals surface area contributed by atoms with E-state index in [0.29, 0.717) is 25.6 Å². The third-order valence-electron chi connectivity index (χ3n) is 3.31. The first-order valence-corrected chi connectivity index (χ1v) is 7.86. The molecule has 1 aromatic heterocycles. The van der Waals surface area contributed by atoms with Crippen molar-refractivity contribution in [2.75, 3.05) is 13.2 Å². The quantitative estimate of drug-likeness (QED) is 0.726. The number of nitrogens with zero attached hydrogens (tertiary/aromatic N) is 2. The highest BCUT2D eigenvalue weighted by Gasteiger charge is 2.22. The molecule has 21 heavy (non-hydrogen) atoms. The minimum Gasteiger partial charge on any atom is -0.492 e. The number of benzene rings is 1. The van der Waals surface area contributed by atoms with Crippen molar-refractivity contribution < 1.29 is 9.47 Å². The second-order valence-corrected chi connectivity index (χ2v) is 5.76. The molecular weight excluding hydrogens is 288 g/mol. The molecule has 0 unspecified atom stereocenters. The van der Waals surface area contributed by atoms with E-state index >= 15 is 0 Å². The summed E-state index contributed by atoms with van der Waals surface area (Å²) in [6, 6.07) is 5.97. The van der Waals surface area contributed by atoms with Gasteiger partial charge >= 0.3 is 0 Å². The first-order chi connectivity index (χ1) is 10.0. The van der Waals surface area contributed by atoms with E-state index in [4.69, 9.17) is 21.1 Å². The summed E-state index contributed by atoms with van der Waals surface area (Å²) in [5, 5.41) is 0. The maximum Gasteiger partial charge on any atom is 0.147 e. The fourth-order valence-electron chi connectivity index (χ4n) is 2.54. The first-order valence-electron chi connectivity index (χ1n) is 7.33. The molecule has 1 heterocycles. The third-order valence-corrected chi connectivity index (χ3v) is 3.55. The van der Waals surface area contributed by atoms with Gasteiger partial charge in [0.2, 0.25) is 0 Å². The number of halogens is 1. The lowest BCUT2D eigenvalue weighted by Gasteiger charge is -2.26. The highest BCUT2D eigenvalue weighted by atomic mass is 35.5. The van der Waals surface area contributed by atoms with Gasteiger partial charge in [0.1, 0.15) is 17.1 Å². The molecule has 0 saturated carbocycles. The molecule has 2 aromatic rings. The van der Waals surface area contributed by atoms with Crippen molar-refractivity contribution in [3.05, 3.63) is 24.0 Å². The Labute approximate surface area is 131 Å². The van der Waals surface area contributed by atoms with Crippen LogP contribution in [0.3, 0.4) is 0 Å².